The van der Waals surface area contributed by atoms with Gasteiger partial charge in [0.1, 0.15) is 0 Å². The van der Waals surface area contributed by atoms with Gasteiger partial charge in [0.15, 0.2) is 5.69 Å². The Kier molecular flexibility index (Phi) is 4.81. The summed E-state index contributed by atoms with van der Waals surface area (Å²) in [6.45, 7) is 6.92. The Balaban J connectivity index is 1.36. The predicted octanol–water partition coefficient (Wildman–Crippen LogP) is 1.81. The third-order valence-electron chi connectivity index (χ3n) is 4.92. The summed E-state index contributed by atoms with van der Waals surface area (Å²) in [6, 6.07) is 0. The van der Waals surface area contributed by atoms with Gasteiger partial charge in [-0.3, -0.25) is 9.69 Å². The number of likely N-dealkylation sites (tertiary alicyclic amines) is 1. The van der Waals surface area contributed by atoms with Crippen molar-refractivity contribution in [3.05, 3.63) is 27.2 Å². The van der Waals surface area contributed by atoms with E-state index in [0.717, 1.165) is 49.8 Å². The van der Waals surface area contributed by atoms with Crippen molar-refractivity contribution < 1.29 is 9.53 Å². The molecule has 25 heavy (non-hydrogen) atoms. The van der Waals surface area contributed by atoms with Gasteiger partial charge < -0.3 is 9.64 Å². The van der Waals surface area contributed by atoms with Gasteiger partial charge in [-0.25, -0.2) is 4.98 Å². The van der Waals surface area contributed by atoms with E-state index in [9.17, 15) is 4.79 Å². The van der Waals surface area contributed by atoms with E-state index in [0.29, 0.717) is 18.8 Å². The van der Waals surface area contributed by atoms with Crippen LogP contribution in [-0.2, 0) is 11.3 Å². The predicted molar refractivity (Wildman–Crippen MR) is 95.9 cm³/mol. The summed E-state index contributed by atoms with van der Waals surface area (Å²) < 4.78 is 9.96. The zero-order valence-electron chi connectivity index (χ0n) is 14.2. The molecule has 2 aromatic rings. The van der Waals surface area contributed by atoms with Crippen molar-refractivity contribution in [1.29, 1.82) is 0 Å². The molecular weight excluding hydrogens is 358 g/mol. The number of hydrogen-bond acceptors (Lipinski definition) is 8. The standard InChI is InChI=1S/C16H21N5O2S2/c1-12-17-13(9-24-12)8-20-6-7-23-16(11-20)2-4-21(5-3-16)15(22)14-10-25-19-18-14/h9-10H,2-8,11H2,1H3. The lowest BCUT2D eigenvalue weighted by Gasteiger charge is -2.47. The second-order valence-electron chi connectivity index (χ2n) is 6.68. The summed E-state index contributed by atoms with van der Waals surface area (Å²) in [5.74, 6) is -0.0192. The van der Waals surface area contributed by atoms with Gasteiger partial charge in [-0.15, -0.1) is 16.4 Å². The first kappa shape index (κ1) is 17.0. The quantitative estimate of drug-likeness (QED) is 0.810. The molecule has 2 aromatic heterocycles. The molecule has 2 fully saturated rings. The Labute approximate surface area is 154 Å². The molecule has 9 heteroatoms. The van der Waals surface area contributed by atoms with E-state index >= 15 is 0 Å². The van der Waals surface area contributed by atoms with Crippen LogP contribution in [0.2, 0.25) is 0 Å². The molecular formula is C16H21N5O2S2. The van der Waals surface area contributed by atoms with Gasteiger partial charge in [0.05, 0.1) is 22.9 Å². The number of hydrogen-bond donors (Lipinski definition) is 0. The van der Waals surface area contributed by atoms with Gasteiger partial charge in [0.25, 0.3) is 5.91 Å². The number of carbonyl (C=O) groups is 1. The van der Waals surface area contributed by atoms with Crippen LogP contribution in [0.15, 0.2) is 10.8 Å². The number of rotatable bonds is 3. The molecule has 2 aliphatic heterocycles. The third-order valence-corrected chi connectivity index (χ3v) is 6.25. The molecule has 4 heterocycles. The van der Waals surface area contributed by atoms with E-state index in [-0.39, 0.29) is 11.5 Å². The lowest BCUT2D eigenvalue weighted by molar-refractivity contribution is -0.134. The van der Waals surface area contributed by atoms with Crippen molar-refractivity contribution in [2.75, 3.05) is 32.8 Å². The van der Waals surface area contributed by atoms with E-state index in [4.69, 9.17) is 4.74 Å². The molecule has 134 valence electrons. The fraction of sp³-hybridized carbons (Fsp3) is 0.625. The third kappa shape index (κ3) is 3.74. The van der Waals surface area contributed by atoms with Crippen molar-refractivity contribution in [2.45, 2.75) is 31.9 Å². The number of aryl methyl sites for hydroxylation is 1. The highest BCUT2D eigenvalue weighted by molar-refractivity contribution is 7.09. The zero-order chi connectivity index (χ0) is 17.3. The average Bonchev–Trinajstić information content (AvgIpc) is 3.27. The fourth-order valence-electron chi connectivity index (χ4n) is 3.61. The number of nitrogens with zero attached hydrogens (tertiary/aromatic N) is 5. The molecule has 1 amide bonds. The monoisotopic (exact) mass is 379 g/mol. The van der Waals surface area contributed by atoms with Crippen molar-refractivity contribution in [1.82, 2.24) is 24.4 Å². The second kappa shape index (κ2) is 7.06. The number of amides is 1. The first-order valence-corrected chi connectivity index (χ1v) is 10.2. The topological polar surface area (TPSA) is 71.5 Å². The molecule has 4 rings (SSSR count). The number of aromatic nitrogens is 3. The largest absolute Gasteiger partial charge is 0.372 e. The van der Waals surface area contributed by atoms with Crippen LogP contribution in [0.1, 0.15) is 34.0 Å². The van der Waals surface area contributed by atoms with Crippen LogP contribution in [-0.4, -0.2) is 68.7 Å². The molecule has 2 saturated heterocycles. The Bertz CT molecular complexity index is 725. The maximum atomic E-state index is 12.4. The molecule has 0 N–H and O–H groups in total. The SMILES string of the molecule is Cc1nc(CN2CCOC3(CCN(C(=O)c4csnn4)CC3)C2)cs1. The van der Waals surface area contributed by atoms with E-state index in [1.807, 2.05) is 11.8 Å². The molecule has 7 nitrogen and oxygen atoms in total. The molecule has 0 saturated carbocycles. The molecule has 1 spiro atoms. The van der Waals surface area contributed by atoms with Crippen molar-refractivity contribution in [2.24, 2.45) is 0 Å². The van der Waals surface area contributed by atoms with Crippen molar-refractivity contribution >= 4 is 28.8 Å². The smallest absolute Gasteiger partial charge is 0.275 e. The molecule has 0 atom stereocenters. The number of piperidine rings is 1. The van der Waals surface area contributed by atoms with E-state index in [2.05, 4.69) is 24.9 Å². The van der Waals surface area contributed by atoms with Gasteiger partial charge in [-0.2, -0.15) is 0 Å². The lowest BCUT2D eigenvalue weighted by Crippen LogP contribution is -2.57. The van der Waals surface area contributed by atoms with Crippen LogP contribution < -0.4 is 0 Å². The minimum absolute atomic E-state index is 0.0192. The van der Waals surface area contributed by atoms with Crippen LogP contribution in [0.5, 0.6) is 0 Å². The van der Waals surface area contributed by atoms with Gasteiger partial charge in [-0.1, -0.05) is 4.49 Å². The highest BCUT2D eigenvalue weighted by Gasteiger charge is 2.41. The van der Waals surface area contributed by atoms with Crippen LogP contribution in [0, 0.1) is 6.92 Å². The van der Waals surface area contributed by atoms with Crippen molar-refractivity contribution in [3.63, 3.8) is 0 Å². The Morgan fingerprint density at radius 3 is 2.84 bits per heavy atom. The first-order valence-electron chi connectivity index (χ1n) is 8.47. The first-order chi connectivity index (χ1) is 12.1. The molecule has 0 bridgehead atoms. The normalized spacial score (nSPS) is 20.9. The summed E-state index contributed by atoms with van der Waals surface area (Å²) >= 11 is 2.91. The number of ether oxygens (including phenoxy) is 1. The average molecular weight is 380 g/mol. The highest BCUT2D eigenvalue weighted by atomic mass is 32.1. The summed E-state index contributed by atoms with van der Waals surface area (Å²) in [5.41, 5.74) is 1.45. The number of morpholine rings is 1. The van der Waals surface area contributed by atoms with Crippen LogP contribution in [0.25, 0.3) is 0 Å². The molecule has 0 radical (unpaired) electrons. The van der Waals surface area contributed by atoms with Gasteiger partial charge in [0.2, 0.25) is 0 Å². The van der Waals surface area contributed by atoms with Crippen molar-refractivity contribution in [3.8, 4) is 0 Å². The van der Waals surface area contributed by atoms with Gasteiger partial charge in [0, 0.05) is 43.5 Å². The lowest BCUT2D eigenvalue weighted by atomic mass is 9.89. The minimum atomic E-state index is -0.138. The fourth-order valence-corrected chi connectivity index (χ4v) is 4.64. The molecule has 0 aromatic carbocycles. The maximum Gasteiger partial charge on any atom is 0.275 e. The van der Waals surface area contributed by atoms with Crippen LogP contribution in [0.3, 0.4) is 0 Å². The Morgan fingerprint density at radius 1 is 1.32 bits per heavy atom. The van der Waals surface area contributed by atoms with Crippen LogP contribution in [0.4, 0.5) is 0 Å². The maximum absolute atomic E-state index is 12.4. The van der Waals surface area contributed by atoms with E-state index < -0.39 is 0 Å². The summed E-state index contributed by atoms with van der Waals surface area (Å²) in [4.78, 5) is 21.3. The Morgan fingerprint density at radius 2 is 2.16 bits per heavy atom. The Hall–Kier alpha value is -1.42. The van der Waals surface area contributed by atoms with E-state index in [1.54, 1.807) is 16.7 Å². The summed E-state index contributed by atoms with van der Waals surface area (Å²) in [5, 5.41) is 8.85. The van der Waals surface area contributed by atoms with E-state index in [1.165, 1.54) is 11.5 Å². The highest BCUT2D eigenvalue weighted by Crippen LogP contribution is 2.31. The summed E-state index contributed by atoms with van der Waals surface area (Å²) in [6.07, 6.45) is 1.73. The number of carbonyl (C=O) groups excluding carboxylic acids is 1. The zero-order valence-corrected chi connectivity index (χ0v) is 15.8. The van der Waals surface area contributed by atoms with Crippen LogP contribution >= 0.6 is 22.9 Å². The minimum Gasteiger partial charge on any atom is -0.372 e. The van der Waals surface area contributed by atoms with Gasteiger partial charge >= 0.3 is 0 Å². The molecule has 2 aliphatic rings. The molecule has 0 aliphatic carbocycles. The van der Waals surface area contributed by atoms with Gasteiger partial charge in [-0.05, 0) is 31.3 Å². The summed E-state index contributed by atoms with van der Waals surface area (Å²) in [7, 11) is 0. The second-order valence-corrected chi connectivity index (χ2v) is 8.35. The molecule has 0 unspecified atom stereocenters. The number of thiazole rings is 1.